The summed E-state index contributed by atoms with van der Waals surface area (Å²) in [6.07, 6.45) is 7.59. The van der Waals surface area contributed by atoms with E-state index in [4.69, 9.17) is 0 Å². The van der Waals surface area contributed by atoms with Crippen LogP contribution in [0.3, 0.4) is 0 Å². The van der Waals surface area contributed by atoms with E-state index in [9.17, 15) is 5.11 Å². The Morgan fingerprint density at radius 1 is 1.40 bits per heavy atom. The third kappa shape index (κ3) is 2.90. The Hall–Kier alpha value is -0.890. The van der Waals surface area contributed by atoms with Crippen molar-refractivity contribution in [1.82, 2.24) is 19.6 Å². The van der Waals surface area contributed by atoms with Crippen molar-refractivity contribution in [2.24, 2.45) is 5.92 Å². The van der Waals surface area contributed by atoms with Gasteiger partial charge in [-0.25, -0.2) is 0 Å². The van der Waals surface area contributed by atoms with E-state index in [1.807, 2.05) is 21.8 Å². The largest absolute Gasteiger partial charge is 0.383 e. The molecule has 1 fully saturated rings. The molecule has 0 bridgehead atoms. The average molecular weight is 386 g/mol. The first-order chi connectivity index (χ1) is 9.54. The van der Waals surface area contributed by atoms with Gasteiger partial charge in [0.25, 0.3) is 0 Å². The van der Waals surface area contributed by atoms with E-state index in [0.717, 1.165) is 27.3 Å². The highest BCUT2D eigenvalue weighted by molar-refractivity contribution is 14.1. The van der Waals surface area contributed by atoms with Gasteiger partial charge < -0.3 is 5.11 Å². The fraction of sp³-hybridized carbons (Fsp3) is 0.571. The fourth-order valence-electron chi connectivity index (χ4n) is 2.20. The van der Waals surface area contributed by atoms with E-state index in [2.05, 4.69) is 46.6 Å². The standard InChI is InChI=1S/C14H19IN4O/c1-9(2)19-8-12(14(15)17-19)13(20)11-5-16-18(7-11)6-10-3-4-10/h5,7-10,13,20H,3-4,6H2,1-2H3. The predicted octanol–water partition coefficient (Wildman–Crippen LogP) is 2.76. The summed E-state index contributed by atoms with van der Waals surface area (Å²) < 4.78 is 4.67. The summed E-state index contributed by atoms with van der Waals surface area (Å²) in [6.45, 7) is 5.12. The van der Waals surface area contributed by atoms with E-state index in [1.54, 1.807) is 6.20 Å². The third-order valence-corrected chi connectivity index (χ3v) is 4.49. The molecule has 0 radical (unpaired) electrons. The molecular formula is C14H19IN4O. The highest BCUT2D eigenvalue weighted by atomic mass is 127. The fourth-order valence-corrected chi connectivity index (χ4v) is 2.88. The van der Waals surface area contributed by atoms with Crippen LogP contribution in [0.25, 0.3) is 0 Å². The molecule has 5 nitrogen and oxygen atoms in total. The van der Waals surface area contributed by atoms with Crippen molar-refractivity contribution in [2.45, 2.75) is 45.4 Å². The topological polar surface area (TPSA) is 55.9 Å². The van der Waals surface area contributed by atoms with Crippen LogP contribution in [0.5, 0.6) is 0 Å². The Labute approximate surface area is 132 Å². The van der Waals surface area contributed by atoms with Gasteiger partial charge in [-0.15, -0.1) is 0 Å². The number of halogens is 1. The summed E-state index contributed by atoms with van der Waals surface area (Å²) in [4.78, 5) is 0. The molecule has 1 atom stereocenters. The lowest BCUT2D eigenvalue weighted by Crippen LogP contribution is -2.02. The van der Waals surface area contributed by atoms with E-state index in [1.165, 1.54) is 12.8 Å². The lowest BCUT2D eigenvalue weighted by atomic mass is 10.1. The van der Waals surface area contributed by atoms with E-state index in [-0.39, 0.29) is 0 Å². The van der Waals surface area contributed by atoms with Crippen molar-refractivity contribution >= 4 is 22.6 Å². The first-order valence-electron chi connectivity index (χ1n) is 6.99. The first-order valence-corrected chi connectivity index (χ1v) is 8.07. The van der Waals surface area contributed by atoms with Crippen molar-refractivity contribution in [1.29, 1.82) is 0 Å². The smallest absolute Gasteiger partial charge is 0.129 e. The number of hydrogen-bond acceptors (Lipinski definition) is 3. The summed E-state index contributed by atoms with van der Waals surface area (Å²) in [5.41, 5.74) is 1.69. The van der Waals surface area contributed by atoms with Crippen LogP contribution in [0, 0.1) is 9.62 Å². The Balaban J connectivity index is 1.80. The second-order valence-corrected chi connectivity index (χ2v) is 6.81. The summed E-state index contributed by atoms with van der Waals surface area (Å²) in [6, 6.07) is 0.294. The minimum absolute atomic E-state index is 0.294. The van der Waals surface area contributed by atoms with E-state index < -0.39 is 6.10 Å². The van der Waals surface area contributed by atoms with Gasteiger partial charge >= 0.3 is 0 Å². The molecule has 108 valence electrons. The zero-order valence-electron chi connectivity index (χ0n) is 11.7. The molecule has 0 aliphatic heterocycles. The molecule has 0 spiro atoms. The highest BCUT2D eigenvalue weighted by Gasteiger charge is 2.23. The molecule has 1 aliphatic rings. The predicted molar refractivity (Wildman–Crippen MR) is 84.3 cm³/mol. The van der Waals surface area contributed by atoms with Crippen LogP contribution in [0.1, 0.15) is 50.0 Å². The van der Waals surface area contributed by atoms with Gasteiger partial charge in [0.2, 0.25) is 0 Å². The molecule has 1 N–H and O–H groups in total. The molecule has 0 aromatic carbocycles. The molecule has 3 rings (SSSR count). The van der Waals surface area contributed by atoms with Crippen LogP contribution in [-0.4, -0.2) is 24.7 Å². The van der Waals surface area contributed by atoms with E-state index >= 15 is 0 Å². The molecule has 1 unspecified atom stereocenters. The maximum atomic E-state index is 10.5. The molecule has 2 heterocycles. The number of nitrogens with zero attached hydrogens (tertiary/aromatic N) is 4. The van der Waals surface area contributed by atoms with Crippen molar-refractivity contribution in [2.75, 3.05) is 0 Å². The summed E-state index contributed by atoms with van der Waals surface area (Å²) >= 11 is 2.17. The number of aromatic nitrogens is 4. The molecule has 0 saturated heterocycles. The Bertz CT molecular complexity index is 600. The zero-order valence-corrected chi connectivity index (χ0v) is 13.9. The minimum atomic E-state index is -0.651. The number of rotatable bonds is 5. The maximum absolute atomic E-state index is 10.5. The van der Waals surface area contributed by atoms with Gasteiger partial charge in [-0.1, -0.05) is 0 Å². The Kier molecular flexibility index (Phi) is 3.85. The Morgan fingerprint density at radius 3 is 2.75 bits per heavy atom. The summed E-state index contributed by atoms with van der Waals surface area (Å²) in [5.74, 6) is 0.781. The molecular weight excluding hydrogens is 367 g/mol. The summed E-state index contributed by atoms with van der Waals surface area (Å²) in [7, 11) is 0. The monoisotopic (exact) mass is 386 g/mol. The van der Waals surface area contributed by atoms with Gasteiger partial charge in [0.05, 0.1) is 6.20 Å². The molecule has 2 aromatic rings. The molecule has 1 aliphatic carbocycles. The van der Waals surface area contributed by atoms with Gasteiger partial charge in [0.15, 0.2) is 0 Å². The number of hydrogen-bond donors (Lipinski definition) is 1. The first kappa shape index (κ1) is 14.1. The zero-order chi connectivity index (χ0) is 14.3. The van der Waals surface area contributed by atoms with Gasteiger partial charge in [0, 0.05) is 36.1 Å². The lowest BCUT2D eigenvalue weighted by molar-refractivity contribution is 0.219. The van der Waals surface area contributed by atoms with Crippen LogP contribution in [0.2, 0.25) is 0 Å². The highest BCUT2D eigenvalue weighted by Crippen LogP contribution is 2.31. The molecule has 1 saturated carbocycles. The molecule has 6 heteroatoms. The minimum Gasteiger partial charge on any atom is -0.383 e. The molecule has 20 heavy (non-hydrogen) atoms. The van der Waals surface area contributed by atoms with Crippen LogP contribution < -0.4 is 0 Å². The third-order valence-electron chi connectivity index (χ3n) is 3.65. The van der Waals surface area contributed by atoms with Crippen molar-refractivity contribution in [3.8, 4) is 0 Å². The van der Waals surface area contributed by atoms with Crippen LogP contribution in [-0.2, 0) is 6.54 Å². The lowest BCUT2D eigenvalue weighted by Gasteiger charge is -2.06. The van der Waals surface area contributed by atoms with Gasteiger partial charge in [-0.2, -0.15) is 10.2 Å². The second-order valence-electron chi connectivity index (χ2n) is 5.79. The number of aliphatic hydroxyl groups is 1. The van der Waals surface area contributed by atoms with Crippen LogP contribution in [0.15, 0.2) is 18.6 Å². The Morgan fingerprint density at radius 2 is 2.15 bits per heavy atom. The van der Waals surface area contributed by atoms with Crippen molar-refractivity contribution in [3.05, 3.63) is 33.4 Å². The normalized spacial score (nSPS) is 16.9. The quantitative estimate of drug-likeness (QED) is 0.805. The number of aliphatic hydroxyl groups excluding tert-OH is 1. The second kappa shape index (κ2) is 5.48. The van der Waals surface area contributed by atoms with E-state index in [0.29, 0.717) is 6.04 Å². The van der Waals surface area contributed by atoms with Gasteiger partial charge in [-0.05, 0) is 55.2 Å². The SMILES string of the molecule is CC(C)n1cc(C(O)c2cnn(CC3CC3)c2)c(I)n1. The average Bonchev–Trinajstić information content (AvgIpc) is 2.94. The molecule has 0 amide bonds. The summed E-state index contributed by atoms with van der Waals surface area (Å²) in [5, 5.41) is 19.3. The maximum Gasteiger partial charge on any atom is 0.129 e. The molecule has 2 aromatic heterocycles. The van der Waals surface area contributed by atoms with Crippen molar-refractivity contribution < 1.29 is 5.11 Å². The van der Waals surface area contributed by atoms with Gasteiger partial charge in [0.1, 0.15) is 9.80 Å². The van der Waals surface area contributed by atoms with Crippen LogP contribution >= 0.6 is 22.6 Å². The van der Waals surface area contributed by atoms with Crippen molar-refractivity contribution in [3.63, 3.8) is 0 Å². The van der Waals surface area contributed by atoms with Gasteiger partial charge in [-0.3, -0.25) is 9.36 Å². The van der Waals surface area contributed by atoms with Crippen LogP contribution in [0.4, 0.5) is 0 Å².